The lowest BCUT2D eigenvalue weighted by Crippen LogP contribution is -2.42. The fraction of sp³-hybridized carbons (Fsp3) is 0.611. The molecule has 0 aliphatic carbocycles. The third-order valence-electron chi connectivity index (χ3n) is 4.57. The summed E-state index contributed by atoms with van der Waals surface area (Å²) in [6.45, 7) is 3.32. The van der Waals surface area contributed by atoms with Crippen molar-refractivity contribution in [1.29, 1.82) is 0 Å². The molecule has 2 rings (SSSR count). The fourth-order valence-corrected chi connectivity index (χ4v) is 4.88. The van der Waals surface area contributed by atoms with Crippen molar-refractivity contribution in [2.24, 2.45) is 0 Å². The van der Waals surface area contributed by atoms with Crippen LogP contribution in [0.15, 0.2) is 18.2 Å². The van der Waals surface area contributed by atoms with E-state index in [0.29, 0.717) is 24.3 Å². The average molecular weight is 368 g/mol. The first-order chi connectivity index (χ1) is 11.7. The van der Waals surface area contributed by atoms with Crippen LogP contribution in [0.25, 0.3) is 0 Å². The zero-order valence-corrected chi connectivity index (χ0v) is 16.3. The summed E-state index contributed by atoms with van der Waals surface area (Å²) in [4.78, 5) is 16.9. The van der Waals surface area contributed by atoms with Gasteiger partial charge in [-0.1, -0.05) is 6.07 Å². The second-order valence-electron chi connectivity index (χ2n) is 6.90. The Morgan fingerprint density at radius 1 is 1.28 bits per heavy atom. The third-order valence-corrected chi connectivity index (χ3v) is 6.32. The summed E-state index contributed by atoms with van der Waals surface area (Å²) in [5.74, 6) is 0.757. The van der Waals surface area contributed by atoms with Crippen molar-refractivity contribution < 1.29 is 17.9 Å². The summed E-state index contributed by atoms with van der Waals surface area (Å²) in [7, 11) is 2.50. The van der Waals surface area contributed by atoms with Crippen LogP contribution in [0.1, 0.15) is 28.8 Å². The molecule has 6 nitrogen and oxygen atoms in total. The predicted molar refractivity (Wildman–Crippen MR) is 99.0 cm³/mol. The molecular formula is C18H28N2O4S. The lowest BCUT2D eigenvalue weighted by Gasteiger charge is -2.29. The lowest BCUT2D eigenvalue weighted by molar-refractivity contribution is 0.0690. The lowest BCUT2D eigenvalue weighted by atomic mass is 10.1. The van der Waals surface area contributed by atoms with Crippen LogP contribution in [0.5, 0.6) is 5.75 Å². The van der Waals surface area contributed by atoms with Gasteiger partial charge in [-0.2, -0.15) is 0 Å². The van der Waals surface area contributed by atoms with E-state index in [4.69, 9.17) is 4.74 Å². The van der Waals surface area contributed by atoms with Crippen LogP contribution < -0.4 is 4.74 Å². The third kappa shape index (κ3) is 5.19. The number of carbonyl (C=O) groups excluding carboxylic acids is 1. The van der Waals surface area contributed by atoms with Gasteiger partial charge in [0.2, 0.25) is 0 Å². The Kier molecular flexibility index (Phi) is 6.46. The van der Waals surface area contributed by atoms with Gasteiger partial charge >= 0.3 is 0 Å². The molecule has 1 heterocycles. The normalized spacial score (nSPS) is 19.2. The molecule has 1 fully saturated rings. The fourth-order valence-electron chi connectivity index (χ4n) is 3.15. The monoisotopic (exact) mass is 368 g/mol. The number of amides is 1. The highest BCUT2D eigenvalue weighted by molar-refractivity contribution is 7.91. The maximum atomic E-state index is 13.1. The molecule has 1 aliphatic rings. The molecule has 0 aromatic heterocycles. The van der Waals surface area contributed by atoms with Crippen LogP contribution in [0.3, 0.4) is 0 Å². The molecule has 1 amide bonds. The highest BCUT2D eigenvalue weighted by Crippen LogP contribution is 2.24. The van der Waals surface area contributed by atoms with Crippen molar-refractivity contribution in [1.82, 2.24) is 9.80 Å². The summed E-state index contributed by atoms with van der Waals surface area (Å²) in [6, 6.07) is 5.13. The predicted octanol–water partition coefficient (Wildman–Crippen LogP) is 1.58. The smallest absolute Gasteiger partial charge is 0.254 e. The molecule has 1 saturated heterocycles. The SMILES string of the molecule is COc1cc(C(=O)N(CCCN(C)C)C2CCS(=O)(=O)C2)ccc1C. The number of hydrogen-bond donors (Lipinski definition) is 0. The van der Waals surface area contributed by atoms with Gasteiger partial charge < -0.3 is 14.5 Å². The topological polar surface area (TPSA) is 66.9 Å². The minimum absolute atomic E-state index is 0.0592. The van der Waals surface area contributed by atoms with Crippen LogP contribution in [0.4, 0.5) is 0 Å². The Morgan fingerprint density at radius 3 is 2.56 bits per heavy atom. The second-order valence-corrected chi connectivity index (χ2v) is 9.13. The molecule has 1 aromatic rings. The van der Waals surface area contributed by atoms with Gasteiger partial charge in [0.05, 0.1) is 18.6 Å². The summed E-state index contributed by atoms with van der Waals surface area (Å²) < 4.78 is 29.0. The number of aryl methyl sites for hydroxylation is 1. The zero-order valence-electron chi connectivity index (χ0n) is 15.5. The molecule has 0 N–H and O–H groups in total. The molecule has 0 saturated carbocycles. The van der Waals surface area contributed by atoms with Gasteiger partial charge in [0, 0.05) is 18.2 Å². The van der Waals surface area contributed by atoms with Gasteiger partial charge in [-0.15, -0.1) is 0 Å². The van der Waals surface area contributed by atoms with Gasteiger partial charge in [0.15, 0.2) is 9.84 Å². The summed E-state index contributed by atoms with van der Waals surface area (Å²) in [6.07, 6.45) is 1.32. The largest absolute Gasteiger partial charge is 0.496 e. The minimum Gasteiger partial charge on any atom is -0.496 e. The van der Waals surface area contributed by atoms with E-state index in [1.54, 1.807) is 24.1 Å². The molecule has 1 aromatic carbocycles. The van der Waals surface area contributed by atoms with E-state index in [0.717, 1.165) is 18.5 Å². The second kappa shape index (κ2) is 8.19. The summed E-state index contributed by atoms with van der Waals surface area (Å²) in [5.41, 5.74) is 1.50. The Labute approximate surface area is 150 Å². The first-order valence-corrected chi connectivity index (χ1v) is 10.4. The maximum Gasteiger partial charge on any atom is 0.254 e. The van der Waals surface area contributed by atoms with Crippen molar-refractivity contribution in [2.45, 2.75) is 25.8 Å². The summed E-state index contributed by atoms with van der Waals surface area (Å²) >= 11 is 0. The highest BCUT2D eigenvalue weighted by Gasteiger charge is 2.34. The zero-order chi connectivity index (χ0) is 18.6. The molecule has 1 atom stereocenters. The van der Waals surface area contributed by atoms with Crippen LogP contribution in [-0.4, -0.2) is 76.0 Å². The van der Waals surface area contributed by atoms with Crippen LogP contribution >= 0.6 is 0 Å². The number of ether oxygens (including phenoxy) is 1. The molecule has 1 unspecified atom stereocenters. The van der Waals surface area contributed by atoms with Crippen LogP contribution in [-0.2, 0) is 9.84 Å². The van der Waals surface area contributed by atoms with Gasteiger partial charge in [0.25, 0.3) is 5.91 Å². The van der Waals surface area contributed by atoms with Gasteiger partial charge in [-0.05, 0) is 58.1 Å². The Morgan fingerprint density at radius 2 is 2.00 bits per heavy atom. The Hall–Kier alpha value is -1.60. The molecular weight excluding hydrogens is 340 g/mol. The Balaban J connectivity index is 2.22. The molecule has 25 heavy (non-hydrogen) atoms. The first-order valence-electron chi connectivity index (χ1n) is 8.54. The van der Waals surface area contributed by atoms with Crippen molar-refractivity contribution in [3.8, 4) is 5.75 Å². The van der Waals surface area contributed by atoms with E-state index >= 15 is 0 Å². The first kappa shape index (κ1) is 19.7. The quantitative estimate of drug-likeness (QED) is 0.731. The number of rotatable bonds is 7. The van der Waals surface area contributed by atoms with Gasteiger partial charge in [0.1, 0.15) is 5.75 Å². The number of benzene rings is 1. The van der Waals surface area contributed by atoms with Gasteiger partial charge in [-0.3, -0.25) is 4.79 Å². The highest BCUT2D eigenvalue weighted by atomic mass is 32.2. The number of hydrogen-bond acceptors (Lipinski definition) is 5. The van der Waals surface area contributed by atoms with E-state index < -0.39 is 9.84 Å². The van der Waals surface area contributed by atoms with E-state index in [-0.39, 0.29) is 23.5 Å². The average Bonchev–Trinajstić information content (AvgIpc) is 2.91. The Bertz CT molecular complexity index is 716. The van der Waals surface area contributed by atoms with E-state index in [2.05, 4.69) is 4.90 Å². The maximum absolute atomic E-state index is 13.1. The molecule has 0 spiro atoms. The number of nitrogens with zero attached hydrogens (tertiary/aromatic N) is 2. The van der Waals surface area contributed by atoms with E-state index in [1.807, 2.05) is 27.1 Å². The van der Waals surface area contributed by atoms with Crippen LogP contribution in [0.2, 0.25) is 0 Å². The number of sulfone groups is 1. The molecule has 1 aliphatic heterocycles. The molecule has 140 valence electrons. The minimum atomic E-state index is -3.05. The van der Waals surface area contributed by atoms with Crippen molar-refractivity contribution in [3.63, 3.8) is 0 Å². The molecule has 7 heteroatoms. The van der Waals surface area contributed by atoms with Crippen molar-refractivity contribution >= 4 is 15.7 Å². The van der Waals surface area contributed by atoms with Crippen LogP contribution in [0, 0.1) is 6.92 Å². The standard InChI is InChI=1S/C18H28N2O4S/c1-14-6-7-15(12-17(14)24-4)18(21)20(10-5-9-19(2)3)16-8-11-25(22,23)13-16/h6-7,12,16H,5,8-11,13H2,1-4H3. The number of carbonyl (C=O) groups is 1. The molecule has 0 bridgehead atoms. The van der Waals surface area contributed by atoms with E-state index in [9.17, 15) is 13.2 Å². The number of methoxy groups -OCH3 is 1. The van der Waals surface area contributed by atoms with Gasteiger partial charge in [-0.25, -0.2) is 8.42 Å². The molecule has 0 radical (unpaired) electrons. The van der Waals surface area contributed by atoms with E-state index in [1.165, 1.54) is 0 Å². The summed E-state index contributed by atoms with van der Waals surface area (Å²) in [5, 5.41) is 0. The van der Waals surface area contributed by atoms with Crippen molar-refractivity contribution in [2.75, 3.05) is 45.8 Å². The van der Waals surface area contributed by atoms with Crippen molar-refractivity contribution in [3.05, 3.63) is 29.3 Å².